The molecule has 0 amide bonds. The van der Waals surface area contributed by atoms with Gasteiger partial charge in [-0.3, -0.25) is 9.59 Å². The highest BCUT2D eigenvalue weighted by molar-refractivity contribution is 5.70. The van der Waals surface area contributed by atoms with Crippen LogP contribution in [0.5, 0.6) is 0 Å². The van der Waals surface area contributed by atoms with E-state index in [4.69, 9.17) is 14.2 Å². The van der Waals surface area contributed by atoms with Crippen molar-refractivity contribution in [2.75, 3.05) is 19.8 Å². The van der Waals surface area contributed by atoms with Crippen molar-refractivity contribution in [1.82, 2.24) is 0 Å². The summed E-state index contributed by atoms with van der Waals surface area (Å²) in [5, 5.41) is 0. The predicted molar refractivity (Wildman–Crippen MR) is 205 cm³/mol. The van der Waals surface area contributed by atoms with E-state index in [0.29, 0.717) is 19.4 Å². The van der Waals surface area contributed by atoms with Crippen LogP contribution in [0.3, 0.4) is 0 Å². The standard InChI is InChI=1S/C43H80O5/c1-4-7-10-13-16-18-20-21-22-23-24-25-28-30-33-36-42(44)47-40-41(48-43(45)37-34-31-27-15-12-9-6-3)39-46-38-35-32-29-26-19-17-14-11-8-5-2/h16,18,21-22,41H,4-15,17,19-20,23-40H2,1-3H3/b18-16-,22-21-. The summed E-state index contributed by atoms with van der Waals surface area (Å²) < 4.78 is 17.2. The van der Waals surface area contributed by atoms with E-state index in [2.05, 4.69) is 45.1 Å². The van der Waals surface area contributed by atoms with Crippen LogP contribution in [-0.2, 0) is 23.8 Å². The van der Waals surface area contributed by atoms with Crippen molar-refractivity contribution in [2.45, 2.75) is 219 Å². The molecule has 0 bridgehead atoms. The van der Waals surface area contributed by atoms with Gasteiger partial charge in [0.1, 0.15) is 6.61 Å². The summed E-state index contributed by atoms with van der Waals surface area (Å²) in [7, 11) is 0. The number of esters is 2. The first kappa shape index (κ1) is 46.4. The van der Waals surface area contributed by atoms with Gasteiger partial charge in [0.2, 0.25) is 0 Å². The summed E-state index contributed by atoms with van der Waals surface area (Å²) >= 11 is 0. The van der Waals surface area contributed by atoms with E-state index in [9.17, 15) is 9.59 Å². The number of rotatable bonds is 38. The average Bonchev–Trinajstić information content (AvgIpc) is 3.08. The monoisotopic (exact) mass is 677 g/mol. The van der Waals surface area contributed by atoms with E-state index in [1.165, 1.54) is 128 Å². The summed E-state index contributed by atoms with van der Waals surface area (Å²) in [6.45, 7) is 7.76. The highest BCUT2D eigenvalue weighted by Gasteiger charge is 2.17. The molecule has 1 atom stereocenters. The Morgan fingerprint density at radius 1 is 0.458 bits per heavy atom. The lowest BCUT2D eigenvalue weighted by atomic mass is 10.1. The topological polar surface area (TPSA) is 61.8 Å². The van der Waals surface area contributed by atoms with Gasteiger partial charge < -0.3 is 14.2 Å². The Kier molecular flexibility index (Phi) is 38.5. The van der Waals surface area contributed by atoms with E-state index in [1.807, 2.05) is 0 Å². The molecule has 0 aromatic rings. The normalized spacial score (nSPS) is 12.3. The van der Waals surface area contributed by atoms with Crippen LogP contribution in [-0.4, -0.2) is 37.9 Å². The molecule has 0 fully saturated rings. The summed E-state index contributed by atoms with van der Waals surface area (Å²) in [6, 6.07) is 0. The fraction of sp³-hybridized carbons (Fsp3) is 0.860. The van der Waals surface area contributed by atoms with Gasteiger partial charge in [0.15, 0.2) is 6.10 Å². The quantitative estimate of drug-likeness (QED) is 0.0370. The van der Waals surface area contributed by atoms with Crippen LogP contribution < -0.4 is 0 Å². The van der Waals surface area contributed by atoms with Crippen molar-refractivity contribution >= 4 is 11.9 Å². The Labute approximate surface area is 298 Å². The molecule has 0 spiro atoms. The molecular weight excluding hydrogens is 596 g/mol. The van der Waals surface area contributed by atoms with Gasteiger partial charge in [-0.15, -0.1) is 0 Å². The van der Waals surface area contributed by atoms with Crippen LogP contribution in [0.25, 0.3) is 0 Å². The predicted octanol–water partition coefficient (Wildman–Crippen LogP) is 13.3. The highest BCUT2D eigenvalue weighted by Crippen LogP contribution is 2.13. The molecule has 0 aromatic carbocycles. The summed E-state index contributed by atoms with van der Waals surface area (Å²) in [4.78, 5) is 25.0. The van der Waals surface area contributed by atoms with Crippen molar-refractivity contribution in [2.24, 2.45) is 0 Å². The van der Waals surface area contributed by atoms with Gasteiger partial charge in [-0.2, -0.15) is 0 Å². The Morgan fingerprint density at radius 3 is 1.42 bits per heavy atom. The molecule has 0 heterocycles. The third-order valence-corrected chi connectivity index (χ3v) is 8.99. The number of hydrogen-bond donors (Lipinski definition) is 0. The summed E-state index contributed by atoms with van der Waals surface area (Å²) in [5.41, 5.74) is 0. The number of ether oxygens (including phenoxy) is 3. The van der Waals surface area contributed by atoms with Gasteiger partial charge in [0.05, 0.1) is 6.61 Å². The minimum Gasteiger partial charge on any atom is -0.462 e. The Balaban J connectivity index is 4.16. The lowest BCUT2D eigenvalue weighted by Gasteiger charge is -2.18. The van der Waals surface area contributed by atoms with Crippen LogP contribution in [0.4, 0.5) is 0 Å². The highest BCUT2D eigenvalue weighted by atomic mass is 16.6. The molecule has 0 rings (SSSR count). The van der Waals surface area contributed by atoms with Gasteiger partial charge in [-0.05, 0) is 51.4 Å². The first-order valence-corrected chi connectivity index (χ1v) is 20.9. The van der Waals surface area contributed by atoms with Crippen molar-refractivity contribution in [1.29, 1.82) is 0 Å². The lowest BCUT2D eigenvalue weighted by molar-refractivity contribution is -0.163. The Morgan fingerprint density at radius 2 is 0.875 bits per heavy atom. The molecule has 5 nitrogen and oxygen atoms in total. The fourth-order valence-electron chi connectivity index (χ4n) is 5.83. The molecule has 0 aliphatic carbocycles. The van der Waals surface area contributed by atoms with E-state index >= 15 is 0 Å². The summed E-state index contributed by atoms with van der Waals surface area (Å²) in [6.07, 6.45) is 43.2. The van der Waals surface area contributed by atoms with E-state index < -0.39 is 6.10 Å². The number of allylic oxidation sites excluding steroid dienone is 4. The molecule has 48 heavy (non-hydrogen) atoms. The minimum atomic E-state index is -0.529. The van der Waals surface area contributed by atoms with Crippen molar-refractivity contribution in [3.63, 3.8) is 0 Å². The van der Waals surface area contributed by atoms with E-state index in [-0.39, 0.29) is 25.2 Å². The smallest absolute Gasteiger partial charge is 0.306 e. The number of unbranched alkanes of at least 4 members (excludes halogenated alkanes) is 23. The number of hydrogen-bond acceptors (Lipinski definition) is 5. The molecule has 0 N–H and O–H groups in total. The lowest BCUT2D eigenvalue weighted by Crippen LogP contribution is -2.30. The van der Waals surface area contributed by atoms with Crippen LogP contribution in [0.1, 0.15) is 213 Å². The Bertz CT molecular complexity index is 731. The SMILES string of the molecule is CCCCC/C=C\C/C=C\CCCCCCCC(=O)OCC(COCCCCCCCCCCCC)OC(=O)CCCCCCCCC. The van der Waals surface area contributed by atoms with Gasteiger partial charge in [-0.1, -0.05) is 173 Å². The zero-order chi connectivity index (χ0) is 35.0. The molecule has 0 radical (unpaired) electrons. The summed E-state index contributed by atoms with van der Waals surface area (Å²) in [5.74, 6) is -0.413. The van der Waals surface area contributed by atoms with E-state index in [1.54, 1.807) is 0 Å². The van der Waals surface area contributed by atoms with Crippen molar-refractivity contribution < 1.29 is 23.8 Å². The maximum atomic E-state index is 12.6. The van der Waals surface area contributed by atoms with E-state index in [0.717, 1.165) is 51.4 Å². The first-order chi connectivity index (χ1) is 23.6. The molecule has 0 aliphatic rings. The fourth-order valence-corrected chi connectivity index (χ4v) is 5.83. The maximum absolute atomic E-state index is 12.6. The van der Waals surface area contributed by atoms with Gasteiger partial charge in [0, 0.05) is 19.4 Å². The number of carbonyl (C=O) groups is 2. The van der Waals surface area contributed by atoms with Crippen molar-refractivity contribution in [3.8, 4) is 0 Å². The van der Waals surface area contributed by atoms with Gasteiger partial charge >= 0.3 is 11.9 Å². The second kappa shape index (κ2) is 39.8. The third-order valence-electron chi connectivity index (χ3n) is 8.99. The third kappa shape index (κ3) is 37.2. The largest absolute Gasteiger partial charge is 0.462 e. The van der Waals surface area contributed by atoms with Crippen LogP contribution >= 0.6 is 0 Å². The van der Waals surface area contributed by atoms with Crippen molar-refractivity contribution in [3.05, 3.63) is 24.3 Å². The molecule has 282 valence electrons. The molecular formula is C43H80O5. The van der Waals surface area contributed by atoms with Crippen LogP contribution in [0, 0.1) is 0 Å². The number of carbonyl (C=O) groups excluding carboxylic acids is 2. The zero-order valence-corrected chi connectivity index (χ0v) is 32.3. The zero-order valence-electron chi connectivity index (χ0n) is 32.3. The molecule has 1 unspecified atom stereocenters. The van der Waals surface area contributed by atoms with Crippen LogP contribution in [0.15, 0.2) is 24.3 Å². The maximum Gasteiger partial charge on any atom is 0.306 e. The molecule has 0 aliphatic heterocycles. The molecule has 5 heteroatoms. The average molecular weight is 677 g/mol. The minimum absolute atomic E-state index is 0.0832. The molecule has 0 saturated carbocycles. The van der Waals surface area contributed by atoms with Crippen LogP contribution in [0.2, 0.25) is 0 Å². The van der Waals surface area contributed by atoms with Gasteiger partial charge in [0.25, 0.3) is 0 Å². The molecule has 0 aromatic heterocycles. The first-order valence-electron chi connectivity index (χ1n) is 20.9. The van der Waals surface area contributed by atoms with Gasteiger partial charge in [-0.25, -0.2) is 0 Å². The Hall–Kier alpha value is -1.62. The second-order valence-electron chi connectivity index (χ2n) is 13.9. The second-order valence-corrected chi connectivity index (χ2v) is 13.9. The molecule has 0 saturated heterocycles.